The van der Waals surface area contributed by atoms with Crippen molar-refractivity contribution in [3.8, 4) is 17.2 Å². The zero-order valence-corrected chi connectivity index (χ0v) is 18.7. The molecular formula is C26H26N4O3. The van der Waals surface area contributed by atoms with E-state index in [2.05, 4.69) is 10.1 Å². The molecule has 0 unspecified atom stereocenters. The Kier molecular flexibility index (Phi) is 6.99. The predicted molar refractivity (Wildman–Crippen MR) is 125 cm³/mol. The first-order valence-corrected chi connectivity index (χ1v) is 10.7. The van der Waals surface area contributed by atoms with E-state index in [9.17, 15) is 4.79 Å². The quantitative estimate of drug-likeness (QED) is 0.383. The summed E-state index contributed by atoms with van der Waals surface area (Å²) in [5.41, 5.74) is 3.04. The van der Waals surface area contributed by atoms with Gasteiger partial charge in [0.15, 0.2) is 6.61 Å². The summed E-state index contributed by atoms with van der Waals surface area (Å²) in [4.78, 5) is 18.3. The summed E-state index contributed by atoms with van der Waals surface area (Å²) in [7, 11) is 1.78. The molecule has 0 aliphatic carbocycles. The van der Waals surface area contributed by atoms with Crippen LogP contribution in [0.5, 0.6) is 11.5 Å². The molecule has 1 atom stereocenters. The van der Waals surface area contributed by atoms with E-state index >= 15 is 0 Å². The summed E-state index contributed by atoms with van der Waals surface area (Å²) in [6, 6.07) is 25.1. The summed E-state index contributed by atoms with van der Waals surface area (Å²) in [5.74, 6) is 1.26. The number of hydrogen-bond donors (Lipinski definition) is 0. The topological polar surface area (TPSA) is 69.5 Å². The summed E-state index contributed by atoms with van der Waals surface area (Å²) in [6.07, 6.45) is 3.14. The van der Waals surface area contributed by atoms with E-state index in [4.69, 9.17) is 9.47 Å². The molecule has 0 saturated heterocycles. The van der Waals surface area contributed by atoms with Gasteiger partial charge in [0.05, 0.1) is 11.7 Å². The third-order valence-electron chi connectivity index (χ3n) is 5.47. The highest BCUT2D eigenvalue weighted by molar-refractivity contribution is 5.78. The number of nitrogens with zero attached hydrogens (tertiary/aromatic N) is 4. The summed E-state index contributed by atoms with van der Waals surface area (Å²) in [6.45, 7) is 2.45. The predicted octanol–water partition coefficient (Wildman–Crippen LogP) is 4.44. The van der Waals surface area contributed by atoms with Gasteiger partial charge in [-0.3, -0.25) is 4.79 Å². The van der Waals surface area contributed by atoms with Crippen LogP contribution < -0.4 is 9.47 Å². The van der Waals surface area contributed by atoms with Gasteiger partial charge in [0.2, 0.25) is 0 Å². The van der Waals surface area contributed by atoms with Gasteiger partial charge in [-0.2, -0.15) is 5.10 Å². The number of ether oxygens (including phenoxy) is 2. The maximum absolute atomic E-state index is 12.7. The Balaban J connectivity index is 1.27. The van der Waals surface area contributed by atoms with Crippen LogP contribution in [0.15, 0.2) is 91.5 Å². The molecule has 33 heavy (non-hydrogen) atoms. The number of benzene rings is 3. The van der Waals surface area contributed by atoms with Crippen molar-refractivity contribution in [2.24, 2.45) is 0 Å². The van der Waals surface area contributed by atoms with Crippen molar-refractivity contribution in [2.45, 2.75) is 19.6 Å². The van der Waals surface area contributed by atoms with Crippen molar-refractivity contribution in [3.63, 3.8) is 0 Å². The molecule has 4 rings (SSSR count). The first-order chi connectivity index (χ1) is 16.1. The zero-order valence-electron chi connectivity index (χ0n) is 18.7. The van der Waals surface area contributed by atoms with Crippen LogP contribution in [0.4, 0.5) is 0 Å². The van der Waals surface area contributed by atoms with Crippen LogP contribution in [-0.2, 0) is 11.4 Å². The van der Waals surface area contributed by atoms with Crippen LogP contribution in [0.25, 0.3) is 5.69 Å². The van der Waals surface area contributed by atoms with Gasteiger partial charge in [0.25, 0.3) is 5.91 Å². The Hall–Kier alpha value is -4.13. The number of carbonyl (C=O) groups excluding carboxylic acids is 1. The smallest absolute Gasteiger partial charge is 0.260 e. The molecule has 1 aromatic heterocycles. The van der Waals surface area contributed by atoms with Gasteiger partial charge in [-0.05, 0) is 54.4 Å². The maximum atomic E-state index is 12.7. The molecule has 168 valence electrons. The Morgan fingerprint density at radius 3 is 2.24 bits per heavy atom. The van der Waals surface area contributed by atoms with Crippen LogP contribution >= 0.6 is 0 Å². The summed E-state index contributed by atoms with van der Waals surface area (Å²) < 4.78 is 13.2. The van der Waals surface area contributed by atoms with Crippen molar-refractivity contribution >= 4 is 5.91 Å². The lowest BCUT2D eigenvalue weighted by molar-refractivity contribution is -0.134. The molecular weight excluding hydrogens is 416 g/mol. The molecule has 0 spiro atoms. The molecule has 0 bridgehead atoms. The maximum Gasteiger partial charge on any atom is 0.260 e. The molecule has 7 heteroatoms. The Morgan fingerprint density at radius 2 is 1.61 bits per heavy atom. The molecule has 0 aliphatic heterocycles. The normalized spacial score (nSPS) is 11.6. The van der Waals surface area contributed by atoms with Crippen LogP contribution in [0.3, 0.4) is 0 Å². The average Bonchev–Trinajstić information content (AvgIpc) is 3.41. The number of carbonyl (C=O) groups is 1. The minimum Gasteiger partial charge on any atom is -0.489 e. The highest BCUT2D eigenvalue weighted by atomic mass is 16.5. The second-order valence-corrected chi connectivity index (χ2v) is 7.65. The largest absolute Gasteiger partial charge is 0.489 e. The molecule has 3 aromatic carbocycles. The third-order valence-corrected chi connectivity index (χ3v) is 5.47. The molecule has 1 heterocycles. The van der Waals surface area contributed by atoms with Crippen molar-refractivity contribution in [1.29, 1.82) is 0 Å². The first-order valence-electron chi connectivity index (χ1n) is 10.7. The first kappa shape index (κ1) is 22.1. The fourth-order valence-electron chi connectivity index (χ4n) is 3.31. The highest BCUT2D eigenvalue weighted by Gasteiger charge is 2.18. The van der Waals surface area contributed by atoms with Crippen molar-refractivity contribution in [3.05, 3.63) is 103 Å². The number of hydrogen-bond acceptors (Lipinski definition) is 5. The van der Waals surface area contributed by atoms with Gasteiger partial charge in [0.1, 0.15) is 30.8 Å². The molecule has 0 radical (unpaired) electrons. The summed E-state index contributed by atoms with van der Waals surface area (Å²) >= 11 is 0. The SMILES string of the molecule is C[C@H](c1ccc(-n2cncn2)cc1)N(C)C(=O)COc1ccc(OCc2ccccc2)cc1. The highest BCUT2D eigenvalue weighted by Crippen LogP contribution is 2.22. The zero-order chi connectivity index (χ0) is 23.0. The fraction of sp³-hybridized carbons (Fsp3) is 0.192. The van der Waals surface area contributed by atoms with E-state index < -0.39 is 0 Å². The lowest BCUT2D eigenvalue weighted by atomic mass is 10.1. The number of likely N-dealkylation sites (N-methyl/N-ethyl adjacent to an activating group) is 1. The Labute approximate surface area is 193 Å². The molecule has 0 saturated carbocycles. The van der Waals surface area contributed by atoms with E-state index in [-0.39, 0.29) is 18.6 Å². The lowest BCUT2D eigenvalue weighted by Crippen LogP contribution is -2.33. The van der Waals surface area contributed by atoms with Gasteiger partial charge in [-0.15, -0.1) is 0 Å². The second-order valence-electron chi connectivity index (χ2n) is 7.65. The van der Waals surface area contributed by atoms with Gasteiger partial charge in [-0.1, -0.05) is 42.5 Å². The lowest BCUT2D eigenvalue weighted by Gasteiger charge is -2.25. The van der Waals surface area contributed by atoms with Gasteiger partial charge >= 0.3 is 0 Å². The summed E-state index contributed by atoms with van der Waals surface area (Å²) in [5, 5.41) is 4.12. The number of aromatic nitrogens is 3. The van der Waals surface area contributed by atoms with E-state index in [0.717, 1.165) is 22.6 Å². The molecule has 0 aliphatic rings. The van der Waals surface area contributed by atoms with Gasteiger partial charge in [0, 0.05) is 7.05 Å². The molecule has 4 aromatic rings. The molecule has 0 fully saturated rings. The Bertz CT molecular complexity index is 1140. The van der Waals surface area contributed by atoms with E-state index in [1.165, 1.54) is 6.33 Å². The average molecular weight is 443 g/mol. The van der Waals surface area contributed by atoms with Gasteiger partial charge in [-0.25, -0.2) is 9.67 Å². The van der Waals surface area contributed by atoms with Gasteiger partial charge < -0.3 is 14.4 Å². The van der Waals surface area contributed by atoms with Crippen LogP contribution in [0, 0.1) is 0 Å². The van der Waals surface area contributed by atoms with E-state index in [1.807, 2.05) is 73.7 Å². The molecule has 0 N–H and O–H groups in total. The van der Waals surface area contributed by atoms with Crippen LogP contribution in [-0.4, -0.2) is 39.2 Å². The number of rotatable bonds is 9. The van der Waals surface area contributed by atoms with Crippen molar-refractivity contribution in [1.82, 2.24) is 19.7 Å². The van der Waals surface area contributed by atoms with E-state index in [0.29, 0.717) is 12.4 Å². The van der Waals surface area contributed by atoms with Crippen LogP contribution in [0.1, 0.15) is 24.1 Å². The minimum atomic E-state index is -0.104. The Morgan fingerprint density at radius 1 is 0.939 bits per heavy atom. The molecule has 7 nitrogen and oxygen atoms in total. The second kappa shape index (κ2) is 10.5. The van der Waals surface area contributed by atoms with Crippen LogP contribution in [0.2, 0.25) is 0 Å². The third kappa shape index (κ3) is 5.77. The monoisotopic (exact) mass is 442 g/mol. The minimum absolute atomic E-state index is 0.0396. The van der Waals surface area contributed by atoms with Crippen molar-refractivity contribution < 1.29 is 14.3 Å². The standard InChI is InChI=1S/C26H26N4O3/c1-20(22-8-10-23(11-9-22)30-19-27-18-28-30)29(2)26(31)17-33-25-14-12-24(13-15-25)32-16-21-6-4-3-5-7-21/h3-15,18-20H,16-17H2,1-2H3/t20-/m1/s1. The molecule has 1 amide bonds. The van der Waals surface area contributed by atoms with E-state index in [1.54, 1.807) is 35.1 Å². The fourth-order valence-corrected chi connectivity index (χ4v) is 3.31. The number of amides is 1. The van der Waals surface area contributed by atoms with Crippen molar-refractivity contribution in [2.75, 3.05) is 13.7 Å².